The van der Waals surface area contributed by atoms with Crippen LogP contribution in [-0.2, 0) is 12.1 Å². The van der Waals surface area contributed by atoms with Crippen molar-refractivity contribution in [2.75, 3.05) is 20.3 Å². The van der Waals surface area contributed by atoms with E-state index >= 15 is 0 Å². The summed E-state index contributed by atoms with van der Waals surface area (Å²) in [4.78, 5) is 2.47. The Hall–Kier alpha value is -2.15. The number of nitrogens with zero attached hydrogens (tertiary/aromatic N) is 1. The maximum Gasteiger partial charge on any atom is 0.161 e. The highest BCUT2D eigenvalue weighted by Gasteiger charge is 2.48. The molecule has 6 heteroatoms. The van der Waals surface area contributed by atoms with Crippen LogP contribution in [0.2, 0.25) is 0 Å². The van der Waals surface area contributed by atoms with Crippen LogP contribution in [0.4, 0.5) is 4.39 Å². The Morgan fingerprint density at radius 3 is 2.38 bits per heavy atom. The minimum absolute atomic E-state index is 0.0427. The number of hydrogen-bond acceptors (Lipinski definition) is 5. The molecule has 2 aromatic carbocycles. The smallest absolute Gasteiger partial charge is 0.161 e. The Bertz CT molecular complexity index is 827. The highest BCUT2D eigenvalue weighted by molar-refractivity contribution is 5.43. The minimum atomic E-state index is -0.893. The van der Waals surface area contributed by atoms with E-state index in [9.17, 15) is 9.50 Å². The molecule has 2 atom stereocenters. The highest BCUT2D eigenvalue weighted by atomic mass is 19.1. The summed E-state index contributed by atoms with van der Waals surface area (Å²) in [5, 5.41) is 20.2. The second-order valence-electron chi connectivity index (χ2n) is 8.06. The molecule has 2 heterocycles. The molecule has 0 saturated carbocycles. The van der Waals surface area contributed by atoms with Crippen molar-refractivity contribution in [3.63, 3.8) is 0 Å². The zero-order valence-electron chi connectivity index (χ0n) is 16.7. The molecule has 4 rings (SSSR count). The van der Waals surface area contributed by atoms with Crippen molar-refractivity contribution in [2.45, 2.75) is 49.9 Å². The third kappa shape index (κ3) is 4.10. The van der Waals surface area contributed by atoms with Crippen molar-refractivity contribution in [3.05, 3.63) is 59.4 Å². The molecule has 2 N–H and O–H groups in total. The van der Waals surface area contributed by atoms with Gasteiger partial charge in [-0.05, 0) is 61.1 Å². The first-order valence-electron chi connectivity index (χ1n) is 10.2. The Balaban J connectivity index is 1.48. The molecule has 2 saturated heterocycles. The molecular weight excluding hydrogens is 373 g/mol. The lowest BCUT2D eigenvalue weighted by molar-refractivity contribution is -0.0595. The van der Waals surface area contributed by atoms with Crippen LogP contribution in [0.5, 0.6) is 11.5 Å². The van der Waals surface area contributed by atoms with Gasteiger partial charge in [0.2, 0.25) is 0 Å². The first-order chi connectivity index (χ1) is 14.0. The fourth-order valence-corrected chi connectivity index (χ4v) is 4.87. The molecule has 156 valence electrons. The van der Waals surface area contributed by atoms with Crippen molar-refractivity contribution in [1.82, 2.24) is 4.90 Å². The Morgan fingerprint density at radius 2 is 1.76 bits per heavy atom. The summed E-state index contributed by atoms with van der Waals surface area (Å²) in [6.45, 7) is 0.971. The monoisotopic (exact) mass is 401 g/mol. The highest BCUT2D eigenvalue weighted by Crippen LogP contribution is 2.46. The molecule has 2 aromatic rings. The summed E-state index contributed by atoms with van der Waals surface area (Å²) in [5.74, 6) is 0.999. The number of ether oxygens (including phenoxy) is 2. The molecule has 2 unspecified atom stereocenters. The van der Waals surface area contributed by atoms with Gasteiger partial charge in [-0.15, -0.1) is 0 Å². The summed E-state index contributed by atoms with van der Waals surface area (Å²) in [6, 6.07) is 12.7. The predicted molar refractivity (Wildman–Crippen MR) is 107 cm³/mol. The van der Waals surface area contributed by atoms with Crippen LogP contribution in [0.3, 0.4) is 0 Å². The van der Waals surface area contributed by atoms with Gasteiger partial charge in [-0.25, -0.2) is 4.39 Å². The molecule has 2 aliphatic heterocycles. The molecule has 0 aromatic heterocycles. The van der Waals surface area contributed by atoms with Crippen molar-refractivity contribution < 1.29 is 24.1 Å². The summed E-state index contributed by atoms with van der Waals surface area (Å²) in [7, 11) is 1.61. The average Bonchev–Trinajstić information content (AvgIpc) is 2.96. The van der Waals surface area contributed by atoms with Crippen LogP contribution in [0, 0.1) is 5.82 Å². The van der Waals surface area contributed by atoms with E-state index in [1.54, 1.807) is 19.2 Å². The number of piperidine rings is 1. The zero-order chi connectivity index (χ0) is 20.4. The van der Waals surface area contributed by atoms with Crippen LogP contribution < -0.4 is 9.47 Å². The summed E-state index contributed by atoms with van der Waals surface area (Å²) in [5.41, 5.74) is 1.04. The molecule has 2 bridgehead atoms. The van der Waals surface area contributed by atoms with Gasteiger partial charge in [0.15, 0.2) is 11.5 Å². The van der Waals surface area contributed by atoms with Crippen LogP contribution in [0.15, 0.2) is 42.5 Å². The number of rotatable bonds is 7. The van der Waals surface area contributed by atoms with E-state index in [4.69, 9.17) is 14.6 Å². The van der Waals surface area contributed by atoms with Gasteiger partial charge in [-0.3, -0.25) is 4.90 Å². The lowest BCUT2D eigenvalue weighted by Crippen LogP contribution is -2.49. The topological polar surface area (TPSA) is 62.2 Å². The van der Waals surface area contributed by atoms with E-state index in [1.165, 1.54) is 12.1 Å². The second kappa shape index (κ2) is 8.30. The molecule has 0 aliphatic carbocycles. The zero-order valence-corrected chi connectivity index (χ0v) is 16.7. The number of aliphatic hydroxyl groups excluding tert-OH is 1. The first-order valence-corrected chi connectivity index (χ1v) is 10.2. The van der Waals surface area contributed by atoms with Gasteiger partial charge < -0.3 is 19.7 Å². The van der Waals surface area contributed by atoms with Crippen molar-refractivity contribution in [1.29, 1.82) is 0 Å². The standard InChI is InChI=1S/C23H28FNO4/c1-28-22-12-16(2-9-21(22)29-11-10-26)15-25-19-7-8-20(25)14-23(27,13-19)17-3-5-18(24)6-4-17/h2-6,9,12,19-20,26-27H,7-8,10-11,13-15H2,1H3. The van der Waals surface area contributed by atoms with Crippen LogP contribution in [0.1, 0.15) is 36.8 Å². The Labute approximate surface area is 170 Å². The van der Waals surface area contributed by atoms with Crippen molar-refractivity contribution in [2.24, 2.45) is 0 Å². The number of methoxy groups -OCH3 is 1. The molecular formula is C23H28FNO4. The number of benzene rings is 2. The lowest BCUT2D eigenvalue weighted by Gasteiger charge is -2.44. The van der Waals surface area contributed by atoms with Gasteiger partial charge >= 0.3 is 0 Å². The van der Waals surface area contributed by atoms with E-state index in [0.717, 1.165) is 30.5 Å². The molecule has 0 amide bonds. The van der Waals surface area contributed by atoms with E-state index in [-0.39, 0.29) is 19.0 Å². The van der Waals surface area contributed by atoms with Crippen LogP contribution >= 0.6 is 0 Å². The Morgan fingerprint density at radius 1 is 1.07 bits per heavy atom. The molecule has 5 nitrogen and oxygen atoms in total. The normalized spacial score (nSPS) is 26.5. The van der Waals surface area contributed by atoms with Gasteiger partial charge in [-0.2, -0.15) is 0 Å². The van der Waals surface area contributed by atoms with E-state index < -0.39 is 5.60 Å². The SMILES string of the molecule is COc1cc(CN2C3CCC2CC(O)(c2ccc(F)cc2)C3)ccc1OCCO. The van der Waals surface area contributed by atoms with Gasteiger partial charge in [0.25, 0.3) is 0 Å². The summed E-state index contributed by atoms with van der Waals surface area (Å²) < 4.78 is 24.2. The van der Waals surface area contributed by atoms with Crippen molar-refractivity contribution in [3.8, 4) is 11.5 Å². The molecule has 2 aliphatic rings. The van der Waals surface area contributed by atoms with Crippen molar-refractivity contribution >= 4 is 0 Å². The third-order valence-corrected chi connectivity index (χ3v) is 6.24. The third-order valence-electron chi connectivity index (χ3n) is 6.24. The van der Waals surface area contributed by atoms with Crippen LogP contribution in [0.25, 0.3) is 0 Å². The van der Waals surface area contributed by atoms with Gasteiger partial charge in [0, 0.05) is 18.6 Å². The number of aliphatic hydroxyl groups is 2. The van der Waals surface area contributed by atoms with Gasteiger partial charge in [0.1, 0.15) is 12.4 Å². The van der Waals surface area contributed by atoms with E-state index in [1.807, 2.05) is 18.2 Å². The second-order valence-corrected chi connectivity index (χ2v) is 8.06. The maximum atomic E-state index is 13.3. The summed E-state index contributed by atoms with van der Waals surface area (Å²) >= 11 is 0. The lowest BCUT2D eigenvalue weighted by atomic mass is 9.80. The summed E-state index contributed by atoms with van der Waals surface area (Å²) in [6.07, 6.45) is 3.43. The minimum Gasteiger partial charge on any atom is -0.493 e. The molecule has 0 radical (unpaired) electrons. The quantitative estimate of drug-likeness (QED) is 0.746. The average molecular weight is 401 g/mol. The molecule has 29 heavy (non-hydrogen) atoms. The van der Waals surface area contributed by atoms with E-state index in [2.05, 4.69) is 4.90 Å². The van der Waals surface area contributed by atoms with E-state index in [0.29, 0.717) is 36.4 Å². The maximum absolute atomic E-state index is 13.3. The van der Waals surface area contributed by atoms with Gasteiger partial charge in [-0.1, -0.05) is 18.2 Å². The Kier molecular flexibility index (Phi) is 5.76. The fraction of sp³-hybridized carbons (Fsp3) is 0.478. The van der Waals surface area contributed by atoms with Crippen LogP contribution in [-0.4, -0.2) is 47.5 Å². The predicted octanol–water partition coefficient (Wildman–Crippen LogP) is 3.22. The van der Waals surface area contributed by atoms with Gasteiger partial charge in [0.05, 0.1) is 19.3 Å². The number of halogens is 1. The number of fused-ring (bicyclic) bond motifs is 2. The molecule has 2 fully saturated rings. The molecule has 0 spiro atoms. The largest absolute Gasteiger partial charge is 0.493 e. The number of hydrogen-bond donors (Lipinski definition) is 2. The fourth-order valence-electron chi connectivity index (χ4n) is 4.87. The first kappa shape index (κ1) is 20.1.